The summed E-state index contributed by atoms with van der Waals surface area (Å²) in [7, 11) is 3.29. The van der Waals surface area contributed by atoms with Crippen LogP contribution in [0.2, 0.25) is 0 Å². The second-order valence-electron chi connectivity index (χ2n) is 6.18. The molecule has 1 aliphatic heterocycles. The summed E-state index contributed by atoms with van der Waals surface area (Å²) in [4.78, 5) is 28.5. The molecule has 0 radical (unpaired) electrons. The molecule has 1 N–H and O–H groups in total. The maximum Gasteiger partial charge on any atom is 0.339 e. The number of esters is 1. The van der Waals surface area contributed by atoms with Crippen molar-refractivity contribution in [3.63, 3.8) is 0 Å². The fourth-order valence-electron chi connectivity index (χ4n) is 3.09. The third-order valence-electron chi connectivity index (χ3n) is 4.44. The van der Waals surface area contributed by atoms with Gasteiger partial charge in [-0.3, -0.25) is 10.1 Å². The van der Waals surface area contributed by atoms with Crippen LogP contribution in [-0.2, 0) is 17.7 Å². The fourth-order valence-corrected chi connectivity index (χ4v) is 3.09. The van der Waals surface area contributed by atoms with E-state index in [0.717, 1.165) is 24.9 Å². The molecule has 0 amide bonds. The molecule has 2 heterocycles. The van der Waals surface area contributed by atoms with Crippen molar-refractivity contribution in [2.45, 2.75) is 19.4 Å². The van der Waals surface area contributed by atoms with E-state index in [4.69, 9.17) is 0 Å². The molecular formula is C18H20N4O4. The summed E-state index contributed by atoms with van der Waals surface area (Å²) in [5.41, 5.74) is 3.31. The minimum atomic E-state index is -0.661. The summed E-state index contributed by atoms with van der Waals surface area (Å²) in [6.45, 7) is 1.45. The molecule has 0 aliphatic carbocycles. The first-order valence-corrected chi connectivity index (χ1v) is 8.29. The average molecular weight is 356 g/mol. The van der Waals surface area contributed by atoms with Gasteiger partial charge in [-0.2, -0.15) is 0 Å². The van der Waals surface area contributed by atoms with Gasteiger partial charge >= 0.3 is 11.7 Å². The number of hydrogen-bond acceptors (Lipinski definition) is 7. The predicted octanol–water partition coefficient (Wildman–Crippen LogP) is 2.77. The Labute approximate surface area is 150 Å². The Kier molecular flexibility index (Phi) is 5.01. The minimum Gasteiger partial charge on any atom is -0.465 e. The SMILES string of the molecule is COC(=O)c1cnc(NCc2ccc3c(c2)CCCN3C)c([N+](=O)[O-])c1. The number of rotatable bonds is 5. The number of carbonyl (C=O) groups excluding carboxylic acids is 1. The lowest BCUT2D eigenvalue weighted by atomic mass is 9.99. The highest BCUT2D eigenvalue weighted by atomic mass is 16.6. The van der Waals surface area contributed by atoms with Crippen LogP contribution in [-0.4, -0.2) is 36.6 Å². The van der Waals surface area contributed by atoms with Crippen molar-refractivity contribution >= 4 is 23.2 Å². The number of anilines is 2. The number of methoxy groups -OCH3 is 1. The Hall–Kier alpha value is -3.16. The quantitative estimate of drug-likeness (QED) is 0.500. The molecule has 2 aromatic rings. The molecule has 8 nitrogen and oxygen atoms in total. The highest BCUT2D eigenvalue weighted by Gasteiger charge is 2.20. The second kappa shape index (κ2) is 7.38. The van der Waals surface area contributed by atoms with E-state index in [1.165, 1.54) is 30.6 Å². The zero-order valence-electron chi connectivity index (χ0n) is 14.7. The third-order valence-corrected chi connectivity index (χ3v) is 4.44. The lowest BCUT2D eigenvalue weighted by Crippen LogP contribution is -2.24. The molecule has 1 aromatic carbocycles. The van der Waals surface area contributed by atoms with E-state index in [2.05, 4.69) is 39.1 Å². The summed E-state index contributed by atoms with van der Waals surface area (Å²) >= 11 is 0. The van der Waals surface area contributed by atoms with Crippen molar-refractivity contribution in [2.24, 2.45) is 0 Å². The number of ether oxygens (including phenoxy) is 1. The number of nitrogens with zero attached hydrogens (tertiary/aromatic N) is 3. The van der Waals surface area contributed by atoms with Crippen molar-refractivity contribution in [1.29, 1.82) is 0 Å². The van der Waals surface area contributed by atoms with Gasteiger partial charge in [0.15, 0.2) is 0 Å². The van der Waals surface area contributed by atoms with Gasteiger partial charge in [0.2, 0.25) is 5.82 Å². The number of carbonyl (C=O) groups is 1. The molecule has 0 saturated carbocycles. The van der Waals surface area contributed by atoms with Gasteiger partial charge in [-0.1, -0.05) is 12.1 Å². The van der Waals surface area contributed by atoms with Crippen molar-refractivity contribution in [3.05, 3.63) is 57.3 Å². The number of benzene rings is 1. The molecule has 3 rings (SSSR count). The molecule has 0 bridgehead atoms. The normalized spacial score (nSPS) is 13.1. The van der Waals surface area contributed by atoms with Gasteiger partial charge in [-0.15, -0.1) is 0 Å². The number of nitro groups is 1. The molecule has 8 heteroatoms. The molecule has 0 fully saturated rings. The summed E-state index contributed by atoms with van der Waals surface area (Å²) in [5.74, 6) is -0.538. The molecule has 0 saturated heterocycles. The number of fused-ring (bicyclic) bond motifs is 1. The van der Waals surface area contributed by atoms with Crippen molar-refractivity contribution in [2.75, 3.05) is 30.9 Å². The van der Waals surface area contributed by atoms with E-state index < -0.39 is 10.9 Å². The van der Waals surface area contributed by atoms with Crippen LogP contribution in [0.5, 0.6) is 0 Å². The number of aryl methyl sites for hydroxylation is 1. The minimum absolute atomic E-state index is 0.0431. The average Bonchev–Trinajstić information content (AvgIpc) is 2.65. The van der Waals surface area contributed by atoms with Gasteiger partial charge in [-0.05, 0) is 30.0 Å². The van der Waals surface area contributed by atoms with Crippen molar-refractivity contribution in [3.8, 4) is 0 Å². The van der Waals surface area contributed by atoms with E-state index in [1.54, 1.807) is 0 Å². The van der Waals surface area contributed by atoms with E-state index in [1.807, 2.05) is 6.07 Å². The zero-order valence-corrected chi connectivity index (χ0v) is 14.7. The first-order chi connectivity index (χ1) is 12.5. The third kappa shape index (κ3) is 3.58. The highest BCUT2D eigenvalue weighted by molar-refractivity contribution is 5.90. The molecule has 26 heavy (non-hydrogen) atoms. The van der Waals surface area contributed by atoms with Gasteiger partial charge in [0.05, 0.1) is 17.6 Å². The Morgan fingerprint density at radius 3 is 2.96 bits per heavy atom. The van der Waals surface area contributed by atoms with Crippen LogP contribution in [0.15, 0.2) is 30.5 Å². The molecule has 0 unspecified atom stereocenters. The van der Waals surface area contributed by atoms with Crippen molar-refractivity contribution < 1.29 is 14.5 Å². The maximum absolute atomic E-state index is 11.5. The van der Waals surface area contributed by atoms with Crippen LogP contribution < -0.4 is 10.2 Å². The molecule has 0 atom stereocenters. The standard InChI is InChI=1S/C18H20N4O4/c1-21-7-3-4-13-8-12(5-6-15(13)21)10-19-17-16(22(24)25)9-14(11-20-17)18(23)26-2/h5-6,8-9,11H,3-4,7,10H2,1-2H3,(H,19,20). The van der Waals surface area contributed by atoms with Crippen LogP contribution >= 0.6 is 0 Å². The van der Waals surface area contributed by atoms with E-state index in [-0.39, 0.29) is 17.1 Å². The number of pyridine rings is 1. The Bertz CT molecular complexity index is 853. The smallest absolute Gasteiger partial charge is 0.339 e. The van der Waals surface area contributed by atoms with Crippen LogP contribution in [0, 0.1) is 10.1 Å². The fraction of sp³-hybridized carbons (Fsp3) is 0.333. The first-order valence-electron chi connectivity index (χ1n) is 8.29. The topological polar surface area (TPSA) is 97.6 Å². The van der Waals surface area contributed by atoms with Gasteiger partial charge in [-0.25, -0.2) is 9.78 Å². The predicted molar refractivity (Wildman–Crippen MR) is 97.6 cm³/mol. The van der Waals surface area contributed by atoms with E-state index >= 15 is 0 Å². The van der Waals surface area contributed by atoms with Gasteiger partial charge in [0.1, 0.15) is 0 Å². The lowest BCUT2D eigenvalue weighted by Gasteiger charge is -2.27. The summed E-state index contributed by atoms with van der Waals surface area (Å²) < 4.78 is 4.58. The van der Waals surface area contributed by atoms with Crippen LogP contribution in [0.4, 0.5) is 17.2 Å². The van der Waals surface area contributed by atoms with Crippen LogP contribution in [0.25, 0.3) is 0 Å². The Balaban J connectivity index is 1.79. The number of hydrogen-bond donors (Lipinski definition) is 1. The number of aromatic nitrogens is 1. The Morgan fingerprint density at radius 2 is 2.23 bits per heavy atom. The Morgan fingerprint density at radius 1 is 1.42 bits per heavy atom. The lowest BCUT2D eigenvalue weighted by molar-refractivity contribution is -0.384. The van der Waals surface area contributed by atoms with E-state index in [9.17, 15) is 14.9 Å². The van der Waals surface area contributed by atoms with Crippen LogP contribution in [0.3, 0.4) is 0 Å². The van der Waals surface area contributed by atoms with Gasteiger partial charge in [0.25, 0.3) is 0 Å². The summed E-state index contributed by atoms with van der Waals surface area (Å²) in [6, 6.07) is 7.37. The monoisotopic (exact) mass is 356 g/mol. The molecule has 1 aliphatic rings. The van der Waals surface area contributed by atoms with Gasteiger partial charge < -0.3 is 15.0 Å². The molecule has 136 valence electrons. The molecular weight excluding hydrogens is 336 g/mol. The van der Waals surface area contributed by atoms with E-state index in [0.29, 0.717) is 6.54 Å². The molecule has 0 spiro atoms. The first kappa shape index (κ1) is 17.7. The maximum atomic E-state index is 11.5. The summed E-state index contributed by atoms with van der Waals surface area (Å²) in [5, 5.41) is 14.3. The highest BCUT2D eigenvalue weighted by Crippen LogP contribution is 2.28. The zero-order chi connectivity index (χ0) is 18.7. The summed E-state index contributed by atoms with van der Waals surface area (Å²) in [6.07, 6.45) is 3.41. The molecule has 1 aromatic heterocycles. The van der Waals surface area contributed by atoms with Crippen LogP contribution in [0.1, 0.15) is 27.9 Å². The van der Waals surface area contributed by atoms with Crippen molar-refractivity contribution in [1.82, 2.24) is 4.98 Å². The largest absolute Gasteiger partial charge is 0.465 e. The second-order valence-corrected chi connectivity index (χ2v) is 6.18. The van der Waals surface area contributed by atoms with Gasteiger partial charge in [0, 0.05) is 38.1 Å². The number of nitrogens with one attached hydrogen (secondary N) is 1.